The second kappa shape index (κ2) is 6.10. The van der Waals surface area contributed by atoms with Gasteiger partial charge in [0.05, 0.1) is 9.85 Å². The molecule has 112 valence electrons. The number of rotatable bonds is 5. The highest BCUT2D eigenvalue weighted by Gasteiger charge is 2.34. The molecule has 0 fully saturated rings. The van der Waals surface area contributed by atoms with Gasteiger partial charge in [-0.25, -0.2) is 0 Å². The zero-order valence-electron chi connectivity index (χ0n) is 11.1. The van der Waals surface area contributed by atoms with Gasteiger partial charge in [0.1, 0.15) is 11.7 Å². The second-order valence-corrected chi connectivity index (χ2v) is 4.36. The van der Waals surface area contributed by atoms with E-state index in [1.165, 1.54) is 12.1 Å². The van der Waals surface area contributed by atoms with Crippen molar-refractivity contribution < 1.29 is 19.7 Å². The van der Waals surface area contributed by atoms with Crippen LogP contribution in [-0.4, -0.2) is 20.7 Å². The van der Waals surface area contributed by atoms with Gasteiger partial charge in [0, 0.05) is 6.07 Å². The number of ketones is 1. The lowest BCUT2D eigenvalue weighted by Gasteiger charge is -2.10. The fourth-order valence-electron chi connectivity index (χ4n) is 2.00. The fraction of sp³-hybridized carbons (Fsp3) is 0.0714. The lowest BCUT2D eigenvalue weighted by molar-refractivity contribution is -0.422. The van der Waals surface area contributed by atoms with Crippen LogP contribution in [0.2, 0.25) is 0 Å². The standard InChI is InChI=1S/C14H10N2O6/c17-13(9-5-2-1-3-6-9)14(18)10-7-4-8-11(15(19)20)12(10)16(21)22/h1-8,13,17H. The number of nitrogens with zero attached hydrogens (tertiary/aromatic N) is 2. The number of carbonyl (C=O) groups excluding carboxylic acids is 1. The number of hydrogen-bond acceptors (Lipinski definition) is 6. The minimum absolute atomic E-state index is 0.244. The smallest absolute Gasteiger partial charge is 0.356 e. The average molecular weight is 302 g/mol. The van der Waals surface area contributed by atoms with Crippen LogP contribution in [0.1, 0.15) is 22.0 Å². The van der Waals surface area contributed by atoms with Gasteiger partial charge in [-0.1, -0.05) is 36.4 Å². The number of hydrogen-bond donors (Lipinski definition) is 1. The summed E-state index contributed by atoms with van der Waals surface area (Å²) in [4.78, 5) is 32.3. The van der Waals surface area contributed by atoms with Gasteiger partial charge in [0.25, 0.3) is 0 Å². The van der Waals surface area contributed by atoms with Crippen molar-refractivity contribution in [1.29, 1.82) is 0 Å². The molecule has 0 aliphatic rings. The first-order valence-electron chi connectivity index (χ1n) is 6.12. The highest BCUT2D eigenvalue weighted by molar-refractivity contribution is 6.04. The molecule has 2 aromatic rings. The summed E-state index contributed by atoms with van der Waals surface area (Å²) in [5.41, 5.74) is -1.98. The predicted molar refractivity (Wildman–Crippen MR) is 75.5 cm³/mol. The maximum Gasteiger partial charge on any atom is 0.356 e. The van der Waals surface area contributed by atoms with Crippen LogP contribution in [0.15, 0.2) is 48.5 Å². The van der Waals surface area contributed by atoms with E-state index in [-0.39, 0.29) is 5.56 Å². The van der Waals surface area contributed by atoms with E-state index < -0.39 is 38.7 Å². The average Bonchev–Trinajstić information content (AvgIpc) is 2.53. The van der Waals surface area contributed by atoms with Crippen molar-refractivity contribution in [2.24, 2.45) is 0 Å². The van der Waals surface area contributed by atoms with Crippen molar-refractivity contribution in [3.63, 3.8) is 0 Å². The van der Waals surface area contributed by atoms with E-state index in [0.29, 0.717) is 0 Å². The molecule has 0 saturated heterocycles. The Hall–Kier alpha value is -3.13. The van der Waals surface area contributed by atoms with E-state index >= 15 is 0 Å². The Balaban J connectivity index is 2.53. The summed E-state index contributed by atoms with van der Waals surface area (Å²) in [6.45, 7) is 0. The van der Waals surface area contributed by atoms with Crippen molar-refractivity contribution in [1.82, 2.24) is 0 Å². The third-order valence-corrected chi connectivity index (χ3v) is 3.02. The van der Waals surface area contributed by atoms with Gasteiger partial charge in [0.2, 0.25) is 5.78 Å². The van der Waals surface area contributed by atoms with Gasteiger partial charge in [-0.05, 0) is 11.6 Å². The number of nitro groups is 2. The monoisotopic (exact) mass is 302 g/mol. The summed E-state index contributed by atoms with van der Waals surface area (Å²) in [6.07, 6.45) is -1.64. The zero-order chi connectivity index (χ0) is 16.3. The maximum absolute atomic E-state index is 12.3. The lowest BCUT2D eigenvalue weighted by Crippen LogP contribution is -2.14. The van der Waals surface area contributed by atoms with E-state index in [1.807, 2.05) is 0 Å². The minimum Gasteiger partial charge on any atom is -0.380 e. The fourth-order valence-corrected chi connectivity index (χ4v) is 2.00. The molecule has 1 N–H and O–H groups in total. The van der Waals surface area contributed by atoms with Gasteiger partial charge in [0.15, 0.2) is 0 Å². The highest BCUT2D eigenvalue weighted by atomic mass is 16.6. The Kier molecular flexibility index (Phi) is 4.23. The zero-order valence-corrected chi connectivity index (χ0v) is 11.1. The molecule has 0 saturated carbocycles. The van der Waals surface area contributed by atoms with Gasteiger partial charge in [-0.2, -0.15) is 0 Å². The van der Waals surface area contributed by atoms with Crippen molar-refractivity contribution in [3.8, 4) is 0 Å². The van der Waals surface area contributed by atoms with Crippen LogP contribution in [-0.2, 0) is 0 Å². The Morgan fingerprint density at radius 1 is 0.955 bits per heavy atom. The quantitative estimate of drug-likeness (QED) is 0.514. The summed E-state index contributed by atoms with van der Waals surface area (Å²) in [6, 6.07) is 11.0. The molecule has 0 aliphatic heterocycles. The first kappa shape index (κ1) is 15.3. The molecule has 0 spiro atoms. The van der Waals surface area contributed by atoms with Crippen molar-refractivity contribution in [2.45, 2.75) is 6.10 Å². The molecule has 2 aromatic carbocycles. The van der Waals surface area contributed by atoms with Gasteiger partial charge in [-0.3, -0.25) is 25.0 Å². The Morgan fingerprint density at radius 3 is 2.14 bits per heavy atom. The Bertz CT molecular complexity index is 744. The van der Waals surface area contributed by atoms with Crippen molar-refractivity contribution in [3.05, 3.63) is 79.9 Å². The number of carbonyl (C=O) groups is 1. The summed E-state index contributed by atoms with van der Waals surface area (Å²) < 4.78 is 0. The molecule has 0 bridgehead atoms. The van der Waals surface area contributed by atoms with E-state index in [2.05, 4.69) is 0 Å². The molecule has 0 aliphatic carbocycles. The third kappa shape index (κ3) is 2.81. The van der Waals surface area contributed by atoms with Crippen LogP contribution in [0.5, 0.6) is 0 Å². The van der Waals surface area contributed by atoms with E-state index in [4.69, 9.17) is 0 Å². The number of Topliss-reactive ketones (excluding diaryl/α,β-unsaturated/α-hetero) is 1. The summed E-state index contributed by atoms with van der Waals surface area (Å²) in [5, 5.41) is 32.0. The summed E-state index contributed by atoms with van der Waals surface area (Å²) >= 11 is 0. The second-order valence-electron chi connectivity index (χ2n) is 4.36. The molecule has 1 atom stereocenters. The number of benzene rings is 2. The molecule has 8 nitrogen and oxygen atoms in total. The van der Waals surface area contributed by atoms with E-state index in [1.54, 1.807) is 18.2 Å². The van der Waals surface area contributed by atoms with Crippen LogP contribution < -0.4 is 0 Å². The highest BCUT2D eigenvalue weighted by Crippen LogP contribution is 2.33. The van der Waals surface area contributed by atoms with Crippen LogP contribution in [0.3, 0.4) is 0 Å². The number of para-hydroxylation sites is 1. The molecule has 2 rings (SSSR count). The molecular weight excluding hydrogens is 292 g/mol. The largest absolute Gasteiger partial charge is 0.380 e. The topological polar surface area (TPSA) is 124 Å². The Labute approximate surface area is 123 Å². The van der Waals surface area contributed by atoms with Gasteiger partial charge < -0.3 is 5.11 Å². The molecule has 0 heterocycles. The maximum atomic E-state index is 12.3. The number of nitro benzene ring substituents is 2. The molecule has 0 amide bonds. The molecule has 8 heteroatoms. The molecule has 0 radical (unpaired) electrons. The van der Waals surface area contributed by atoms with E-state index in [9.17, 15) is 30.1 Å². The first-order valence-corrected chi connectivity index (χ1v) is 6.12. The molecule has 22 heavy (non-hydrogen) atoms. The third-order valence-electron chi connectivity index (χ3n) is 3.02. The van der Waals surface area contributed by atoms with Gasteiger partial charge >= 0.3 is 11.4 Å². The molecular formula is C14H10N2O6. The molecule has 1 unspecified atom stereocenters. The SMILES string of the molecule is O=C(c1cccc([N+](=O)[O-])c1[N+](=O)[O-])C(O)c1ccccc1. The first-order chi connectivity index (χ1) is 10.4. The van der Waals surface area contributed by atoms with Gasteiger partial charge in [-0.15, -0.1) is 0 Å². The van der Waals surface area contributed by atoms with Crippen molar-refractivity contribution in [2.75, 3.05) is 0 Å². The predicted octanol–water partition coefficient (Wildman–Crippen LogP) is 2.42. The van der Waals surface area contributed by atoms with Crippen LogP contribution in [0.25, 0.3) is 0 Å². The molecule has 0 aromatic heterocycles. The normalized spacial score (nSPS) is 11.7. The number of aliphatic hydroxyl groups is 1. The number of aliphatic hydroxyl groups excluding tert-OH is 1. The van der Waals surface area contributed by atoms with Crippen molar-refractivity contribution >= 4 is 17.2 Å². The van der Waals surface area contributed by atoms with Crippen LogP contribution >= 0.6 is 0 Å². The lowest BCUT2D eigenvalue weighted by atomic mass is 9.98. The van der Waals surface area contributed by atoms with Crippen LogP contribution in [0.4, 0.5) is 11.4 Å². The van der Waals surface area contributed by atoms with E-state index in [0.717, 1.165) is 18.2 Å². The Morgan fingerprint density at radius 2 is 1.59 bits per heavy atom. The summed E-state index contributed by atoms with van der Waals surface area (Å²) in [7, 11) is 0. The van der Waals surface area contributed by atoms with Crippen LogP contribution in [0, 0.1) is 20.2 Å². The minimum atomic E-state index is -1.64. The summed E-state index contributed by atoms with van der Waals surface area (Å²) in [5.74, 6) is -0.971.